The first-order chi connectivity index (χ1) is 11.0. The van der Waals surface area contributed by atoms with E-state index in [-0.39, 0.29) is 5.91 Å². The van der Waals surface area contributed by atoms with Crippen LogP contribution in [0.1, 0.15) is 18.9 Å². The highest BCUT2D eigenvalue weighted by Crippen LogP contribution is 2.26. The average molecular weight is 334 g/mol. The molecule has 0 unspecified atom stereocenters. The molecule has 1 amide bonds. The number of benzene rings is 2. The van der Waals surface area contributed by atoms with Crippen molar-refractivity contribution in [1.29, 1.82) is 0 Å². The van der Waals surface area contributed by atoms with Crippen LogP contribution < -0.4 is 14.8 Å². The zero-order valence-electron chi connectivity index (χ0n) is 13.4. The lowest BCUT2D eigenvalue weighted by molar-refractivity contribution is -0.122. The summed E-state index contributed by atoms with van der Waals surface area (Å²) in [6.07, 6.45) is -0.0517. The highest BCUT2D eigenvalue weighted by Gasteiger charge is 2.20. The molecule has 2 rings (SSSR count). The van der Waals surface area contributed by atoms with Crippen molar-refractivity contribution in [3.05, 3.63) is 53.1 Å². The van der Waals surface area contributed by atoms with E-state index >= 15 is 0 Å². The number of anilines is 1. The number of hydrogen-bond acceptors (Lipinski definition) is 3. The molecule has 0 saturated carbocycles. The van der Waals surface area contributed by atoms with Gasteiger partial charge in [0.1, 0.15) is 11.5 Å². The van der Waals surface area contributed by atoms with Crippen molar-refractivity contribution in [1.82, 2.24) is 0 Å². The van der Waals surface area contributed by atoms with Crippen LogP contribution in [-0.4, -0.2) is 19.1 Å². The van der Waals surface area contributed by atoms with E-state index in [1.807, 2.05) is 32.0 Å². The van der Waals surface area contributed by atoms with Crippen LogP contribution in [0.5, 0.6) is 11.5 Å². The Labute approximate surface area is 141 Å². The molecule has 1 N–H and O–H groups in total. The Morgan fingerprint density at radius 3 is 2.52 bits per heavy atom. The van der Waals surface area contributed by atoms with Crippen LogP contribution in [0.4, 0.5) is 5.69 Å². The molecule has 0 aliphatic heterocycles. The molecule has 0 fully saturated rings. The molecule has 4 nitrogen and oxygen atoms in total. The number of halogens is 1. The van der Waals surface area contributed by atoms with Crippen LogP contribution >= 0.6 is 11.6 Å². The standard InChI is InChI=1S/C18H20ClNO3/c1-4-16(23-14-8-6-13(19)7-9-14)18(21)20-15-11-12(2)5-10-17(15)22-3/h5-11,16H,4H2,1-3H3,(H,20,21)/t16-/m1/s1. The fourth-order valence-electron chi connectivity index (χ4n) is 2.13. The minimum absolute atomic E-state index is 0.216. The third kappa shape index (κ3) is 4.63. The van der Waals surface area contributed by atoms with Gasteiger partial charge in [-0.3, -0.25) is 4.79 Å². The first-order valence-corrected chi connectivity index (χ1v) is 7.79. The second kappa shape index (κ2) is 7.88. The first kappa shape index (κ1) is 17.2. The van der Waals surface area contributed by atoms with E-state index in [2.05, 4.69) is 5.32 Å². The third-order valence-corrected chi connectivity index (χ3v) is 3.62. The van der Waals surface area contributed by atoms with E-state index in [1.54, 1.807) is 31.4 Å². The third-order valence-electron chi connectivity index (χ3n) is 3.37. The lowest BCUT2D eigenvalue weighted by Gasteiger charge is -2.18. The highest BCUT2D eigenvalue weighted by molar-refractivity contribution is 6.30. The minimum Gasteiger partial charge on any atom is -0.495 e. The molecule has 0 radical (unpaired) electrons. The number of carbonyl (C=O) groups excluding carboxylic acids is 1. The summed E-state index contributed by atoms with van der Waals surface area (Å²) in [4.78, 5) is 12.5. The summed E-state index contributed by atoms with van der Waals surface area (Å²) in [5.41, 5.74) is 1.67. The molecule has 0 aromatic heterocycles. The Morgan fingerprint density at radius 2 is 1.91 bits per heavy atom. The van der Waals surface area contributed by atoms with Gasteiger partial charge in [-0.05, 0) is 55.3 Å². The SMILES string of the molecule is CC[C@@H](Oc1ccc(Cl)cc1)C(=O)Nc1cc(C)ccc1OC. The molecule has 0 aliphatic rings. The zero-order valence-corrected chi connectivity index (χ0v) is 14.2. The molecule has 0 bridgehead atoms. The first-order valence-electron chi connectivity index (χ1n) is 7.41. The van der Waals surface area contributed by atoms with Gasteiger partial charge in [0, 0.05) is 5.02 Å². The fourth-order valence-corrected chi connectivity index (χ4v) is 2.26. The maximum Gasteiger partial charge on any atom is 0.265 e. The van der Waals surface area contributed by atoms with Gasteiger partial charge in [0.05, 0.1) is 12.8 Å². The van der Waals surface area contributed by atoms with Crippen molar-refractivity contribution in [2.45, 2.75) is 26.4 Å². The van der Waals surface area contributed by atoms with Gasteiger partial charge in [0.15, 0.2) is 6.10 Å². The number of methoxy groups -OCH3 is 1. The van der Waals surface area contributed by atoms with Crippen molar-refractivity contribution in [3.63, 3.8) is 0 Å². The summed E-state index contributed by atoms with van der Waals surface area (Å²) in [5.74, 6) is 1.00. The Bertz CT molecular complexity index is 670. The van der Waals surface area contributed by atoms with E-state index in [0.717, 1.165) is 5.56 Å². The van der Waals surface area contributed by atoms with Gasteiger partial charge in [0.25, 0.3) is 5.91 Å². The predicted molar refractivity (Wildman–Crippen MR) is 92.5 cm³/mol. The molecule has 23 heavy (non-hydrogen) atoms. The Morgan fingerprint density at radius 1 is 1.22 bits per heavy atom. The van der Waals surface area contributed by atoms with Gasteiger partial charge in [-0.2, -0.15) is 0 Å². The van der Waals surface area contributed by atoms with Crippen LogP contribution in [0.15, 0.2) is 42.5 Å². The zero-order chi connectivity index (χ0) is 16.8. The average Bonchev–Trinajstić information content (AvgIpc) is 2.54. The second-order valence-electron chi connectivity index (χ2n) is 5.16. The molecule has 122 valence electrons. The normalized spacial score (nSPS) is 11.7. The largest absolute Gasteiger partial charge is 0.495 e. The van der Waals surface area contributed by atoms with Gasteiger partial charge in [-0.1, -0.05) is 24.6 Å². The lowest BCUT2D eigenvalue weighted by atomic mass is 10.2. The van der Waals surface area contributed by atoms with Crippen LogP contribution in [0, 0.1) is 6.92 Å². The molecular weight excluding hydrogens is 314 g/mol. The highest BCUT2D eigenvalue weighted by atomic mass is 35.5. The monoisotopic (exact) mass is 333 g/mol. The summed E-state index contributed by atoms with van der Waals surface area (Å²) in [6.45, 7) is 3.85. The van der Waals surface area contributed by atoms with Gasteiger partial charge in [0.2, 0.25) is 0 Å². The van der Waals surface area contributed by atoms with Crippen molar-refractivity contribution < 1.29 is 14.3 Å². The number of nitrogens with one attached hydrogen (secondary N) is 1. The second-order valence-corrected chi connectivity index (χ2v) is 5.60. The number of rotatable bonds is 6. The Balaban J connectivity index is 2.11. The quantitative estimate of drug-likeness (QED) is 0.849. The summed E-state index contributed by atoms with van der Waals surface area (Å²) in [5, 5.41) is 3.49. The summed E-state index contributed by atoms with van der Waals surface area (Å²) in [6, 6.07) is 12.6. The lowest BCUT2D eigenvalue weighted by Crippen LogP contribution is -2.32. The van der Waals surface area contributed by atoms with Crippen LogP contribution in [-0.2, 0) is 4.79 Å². The van der Waals surface area contributed by atoms with E-state index in [1.165, 1.54) is 0 Å². The summed E-state index contributed by atoms with van der Waals surface area (Å²) < 4.78 is 11.0. The summed E-state index contributed by atoms with van der Waals surface area (Å²) >= 11 is 5.85. The molecule has 0 aliphatic carbocycles. The van der Waals surface area contributed by atoms with Gasteiger partial charge in [-0.15, -0.1) is 0 Å². The molecule has 2 aromatic carbocycles. The number of amides is 1. The van der Waals surface area contributed by atoms with Crippen LogP contribution in [0.25, 0.3) is 0 Å². The fraction of sp³-hybridized carbons (Fsp3) is 0.278. The molecule has 0 saturated heterocycles. The molecule has 0 heterocycles. The number of hydrogen-bond donors (Lipinski definition) is 1. The van der Waals surface area contributed by atoms with Gasteiger partial charge < -0.3 is 14.8 Å². The van der Waals surface area contributed by atoms with Crippen molar-refractivity contribution >= 4 is 23.2 Å². The minimum atomic E-state index is -0.596. The van der Waals surface area contributed by atoms with Crippen molar-refractivity contribution in [3.8, 4) is 11.5 Å². The van der Waals surface area contributed by atoms with Gasteiger partial charge >= 0.3 is 0 Å². The summed E-state index contributed by atoms with van der Waals surface area (Å²) in [7, 11) is 1.57. The maximum absolute atomic E-state index is 12.5. The number of ether oxygens (including phenoxy) is 2. The van der Waals surface area contributed by atoms with E-state index in [0.29, 0.717) is 28.6 Å². The molecule has 1 atom stereocenters. The molecular formula is C18H20ClNO3. The van der Waals surface area contributed by atoms with E-state index in [4.69, 9.17) is 21.1 Å². The molecule has 0 spiro atoms. The topological polar surface area (TPSA) is 47.6 Å². The van der Waals surface area contributed by atoms with Gasteiger partial charge in [-0.25, -0.2) is 0 Å². The Kier molecular flexibility index (Phi) is 5.88. The molecule has 2 aromatic rings. The predicted octanol–water partition coefficient (Wildman–Crippen LogP) is 4.45. The van der Waals surface area contributed by atoms with Crippen molar-refractivity contribution in [2.75, 3.05) is 12.4 Å². The smallest absolute Gasteiger partial charge is 0.265 e. The van der Waals surface area contributed by atoms with Crippen LogP contribution in [0.2, 0.25) is 5.02 Å². The van der Waals surface area contributed by atoms with Crippen LogP contribution in [0.3, 0.4) is 0 Å². The molecule has 5 heteroatoms. The number of aryl methyl sites for hydroxylation is 1. The number of carbonyl (C=O) groups is 1. The van der Waals surface area contributed by atoms with E-state index in [9.17, 15) is 4.79 Å². The van der Waals surface area contributed by atoms with E-state index < -0.39 is 6.10 Å². The van der Waals surface area contributed by atoms with Crippen molar-refractivity contribution in [2.24, 2.45) is 0 Å². The maximum atomic E-state index is 12.5. The Hall–Kier alpha value is -2.20.